The van der Waals surface area contributed by atoms with Crippen molar-refractivity contribution >= 4 is 5.97 Å². The molecule has 0 radical (unpaired) electrons. The molecule has 1 aromatic rings. The summed E-state index contributed by atoms with van der Waals surface area (Å²) in [5, 5.41) is 13.3. The molecule has 0 aliphatic carbocycles. The van der Waals surface area contributed by atoms with E-state index in [9.17, 15) is 9.90 Å². The van der Waals surface area contributed by atoms with Crippen LogP contribution in [0.3, 0.4) is 0 Å². The predicted octanol–water partition coefficient (Wildman–Crippen LogP) is -0.261. The summed E-state index contributed by atoms with van der Waals surface area (Å²) in [5.41, 5.74) is -0.840. The van der Waals surface area contributed by atoms with E-state index >= 15 is 0 Å². The van der Waals surface area contributed by atoms with Crippen molar-refractivity contribution in [1.82, 2.24) is 19.9 Å². The Balaban J connectivity index is 1.58. The molecule has 2 aliphatic heterocycles. The van der Waals surface area contributed by atoms with Crippen LogP contribution in [0.5, 0.6) is 0 Å². The molecule has 2 saturated heterocycles. The molecule has 3 heterocycles. The molecule has 1 aromatic heterocycles. The minimum absolute atomic E-state index is 0.283. The van der Waals surface area contributed by atoms with E-state index in [0.29, 0.717) is 44.4 Å². The van der Waals surface area contributed by atoms with Gasteiger partial charge < -0.3 is 14.4 Å². The maximum absolute atomic E-state index is 11.6. The Labute approximate surface area is 122 Å². The standard InChI is InChI=1S/C13H20N4O4/c1-10-14-11(21-15-10)8-16-3-5-17(6-4-16)13(12(18)19)2-7-20-9-13/h2-9H2,1H3,(H,18,19). The fourth-order valence-electron chi connectivity index (χ4n) is 3.04. The monoisotopic (exact) mass is 296 g/mol. The van der Waals surface area contributed by atoms with Gasteiger partial charge in [0, 0.05) is 39.2 Å². The predicted molar refractivity (Wildman–Crippen MR) is 71.7 cm³/mol. The third kappa shape index (κ3) is 2.78. The summed E-state index contributed by atoms with van der Waals surface area (Å²) in [6.45, 7) is 6.21. The topological polar surface area (TPSA) is 91.9 Å². The number of piperazine rings is 1. The summed E-state index contributed by atoms with van der Waals surface area (Å²) in [6.07, 6.45) is 0.561. The van der Waals surface area contributed by atoms with Gasteiger partial charge in [-0.3, -0.25) is 14.6 Å². The minimum atomic E-state index is -0.840. The lowest BCUT2D eigenvalue weighted by molar-refractivity contribution is -0.153. The number of hydrogen-bond donors (Lipinski definition) is 1. The van der Waals surface area contributed by atoms with E-state index in [1.807, 2.05) is 4.90 Å². The zero-order valence-corrected chi connectivity index (χ0v) is 12.1. The molecule has 0 spiro atoms. The van der Waals surface area contributed by atoms with Gasteiger partial charge in [-0.25, -0.2) is 0 Å². The van der Waals surface area contributed by atoms with E-state index < -0.39 is 11.5 Å². The summed E-state index contributed by atoms with van der Waals surface area (Å²) in [7, 11) is 0. The zero-order valence-electron chi connectivity index (χ0n) is 12.1. The van der Waals surface area contributed by atoms with Crippen LogP contribution in [0.1, 0.15) is 18.1 Å². The van der Waals surface area contributed by atoms with Crippen LogP contribution in [0.25, 0.3) is 0 Å². The summed E-state index contributed by atoms with van der Waals surface area (Å²) in [4.78, 5) is 20.1. The van der Waals surface area contributed by atoms with E-state index in [0.717, 1.165) is 13.1 Å². The van der Waals surface area contributed by atoms with E-state index in [1.165, 1.54) is 0 Å². The van der Waals surface area contributed by atoms with Gasteiger partial charge in [-0.15, -0.1) is 0 Å². The highest BCUT2D eigenvalue weighted by Gasteiger charge is 2.48. The van der Waals surface area contributed by atoms with Crippen LogP contribution in [0.4, 0.5) is 0 Å². The average Bonchev–Trinajstić information content (AvgIpc) is 3.10. The molecule has 2 aliphatic rings. The Morgan fingerprint density at radius 3 is 2.67 bits per heavy atom. The Morgan fingerprint density at radius 1 is 1.38 bits per heavy atom. The summed E-state index contributed by atoms with van der Waals surface area (Å²) in [6, 6.07) is 0. The third-order valence-electron chi connectivity index (χ3n) is 4.31. The maximum atomic E-state index is 11.6. The number of carbonyl (C=O) groups is 1. The summed E-state index contributed by atoms with van der Waals surface area (Å²) < 4.78 is 10.5. The van der Waals surface area contributed by atoms with Crippen LogP contribution in [0.2, 0.25) is 0 Å². The first-order valence-corrected chi connectivity index (χ1v) is 7.18. The minimum Gasteiger partial charge on any atom is -0.480 e. The smallest absolute Gasteiger partial charge is 0.326 e. The number of ether oxygens (including phenoxy) is 1. The molecular weight excluding hydrogens is 276 g/mol. The summed E-state index contributed by atoms with van der Waals surface area (Å²) >= 11 is 0. The normalized spacial score (nSPS) is 28.0. The molecule has 8 heteroatoms. The number of carboxylic acids is 1. The average molecular weight is 296 g/mol. The fraction of sp³-hybridized carbons (Fsp3) is 0.769. The fourth-order valence-corrected chi connectivity index (χ4v) is 3.04. The largest absolute Gasteiger partial charge is 0.480 e. The second-order valence-electron chi connectivity index (χ2n) is 5.64. The van der Waals surface area contributed by atoms with Gasteiger partial charge >= 0.3 is 5.97 Å². The lowest BCUT2D eigenvalue weighted by atomic mass is 9.95. The SMILES string of the molecule is Cc1noc(CN2CCN(C3(C(=O)O)CCOC3)CC2)n1. The van der Waals surface area contributed by atoms with Crippen LogP contribution >= 0.6 is 0 Å². The van der Waals surface area contributed by atoms with E-state index in [1.54, 1.807) is 6.92 Å². The van der Waals surface area contributed by atoms with Crippen molar-refractivity contribution in [2.24, 2.45) is 0 Å². The van der Waals surface area contributed by atoms with Gasteiger partial charge in [0.05, 0.1) is 13.2 Å². The van der Waals surface area contributed by atoms with E-state index in [4.69, 9.17) is 9.26 Å². The molecule has 0 aromatic carbocycles. The zero-order chi connectivity index (χ0) is 14.9. The number of carboxylic acid groups (broad SMARTS) is 1. The molecule has 2 fully saturated rings. The van der Waals surface area contributed by atoms with Gasteiger partial charge in [-0.05, 0) is 6.92 Å². The van der Waals surface area contributed by atoms with Crippen molar-refractivity contribution in [1.29, 1.82) is 0 Å². The first-order chi connectivity index (χ1) is 10.1. The number of aliphatic carboxylic acids is 1. The van der Waals surface area contributed by atoms with Crippen LogP contribution in [-0.2, 0) is 16.1 Å². The first kappa shape index (κ1) is 14.4. The molecule has 0 amide bonds. The van der Waals surface area contributed by atoms with Crippen molar-refractivity contribution < 1.29 is 19.2 Å². The van der Waals surface area contributed by atoms with Gasteiger partial charge in [0.15, 0.2) is 5.82 Å². The molecule has 116 valence electrons. The van der Waals surface area contributed by atoms with Crippen LogP contribution in [-0.4, -0.2) is 75.9 Å². The Hall–Kier alpha value is -1.51. The lowest BCUT2D eigenvalue weighted by Gasteiger charge is -2.42. The van der Waals surface area contributed by atoms with Crippen molar-refractivity contribution in [2.45, 2.75) is 25.4 Å². The van der Waals surface area contributed by atoms with Crippen LogP contribution < -0.4 is 0 Å². The lowest BCUT2D eigenvalue weighted by Crippen LogP contribution is -2.61. The van der Waals surface area contributed by atoms with Crippen LogP contribution in [0, 0.1) is 6.92 Å². The Bertz CT molecular complexity index is 504. The van der Waals surface area contributed by atoms with Gasteiger partial charge in [-0.2, -0.15) is 4.98 Å². The summed E-state index contributed by atoms with van der Waals surface area (Å²) in [5.74, 6) is 0.468. The maximum Gasteiger partial charge on any atom is 0.326 e. The van der Waals surface area contributed by atoms with Crippen molar-refractivity contribution in [2.75, 3.05) is 39.4 Å². The van der Waals surface area contributed by atoms with Crippen molar-refractivity contribution in [3.8, 4) is 0 Å². The quantitative estimate of drug-likeness (QED) is 0.812. The van der Waals surface area contributed by atoms with E-state index in [2.05, 4.69) is 15.0 Å². The number of hydrogen-bond acceptors (Lipinski definition) is 7. The molecule has 0 bridgehead atoms. The molecule has 1 N–H and O–H groups in total. The highest BCUT2D eigenvalue weighted by atomic mass is 16.5. The van der Waals surface area contributed by atoms with Crippen molar-refractivity contribution in [3.05, 3.63) is 11.7 Å². The van der Waals surface area contributed by atoms with Gasteiger partial charge in [0.1, 0.15) is 5.54 Å². The van der Waals surface area contributed by atoms with Crippen LogP contribution in [0.15, 0.2) is 4.52 Å². The van der Waals surface area contributed by atoms with Gasteiger partial charge in [-0.1, -0.05) is 5.16 Å². The van der Waals surface area contributed by atoms with E-state index in [-0.39, 0.29) is 6.61 Å². The highest BCUT2D eigenvalue weighted by Crippen LogP contribution is 2.28. The number of nitrogens with zero attached hydrogens (tertiary/aromatic N) is 4. The Morgan fingerprint density at radius 2 is 2.14 bits per heavy atom. The molecule has 1 unspecified atom stereocenters. The number of rotatable bonds is 4. The molecule has 8 nitrogen and oxygen atoms in total. The highest BCUT2D eigenvalue weighted by molar-refractivity contribution is 5.79. The molecule has 0 saturated carbocycles. The molecule has 1 atom stereocenters. The Kier molecular flexibility index (Phi) is 3.92. The third-order valence-corrected chi connectivity index (χ3v) is 4.31. The van der Waals surface area contributed by atoms with Gasteiger partial charge in [0.25, 0.3) is 0 Å². The number of aryl methyl sites for hydroxylation is 1. The second kappa shape index (κ2) is 5.70. The van der Waals surface area contributed by atoms with Gasteiger partial charge in [0.2, 0.25) is 5.89 Å². The second-order valence-corrected chi connectivity index (χ2v) is 5.64. The number of aromatic nitrogens is 2. The molecule has 21 heavy (non-hydrogen) atoms. The first-order valence-electron chi connectivity index (χ1n) is 7.18. The van der Waals surface area contributed by atoms with Crippen molar-refractivity contribution in [3.63, 3.8) is 0 Å². The molecular formula is C13H20N4O4. The molecule has 3 rings (SSSR count).